The maximum Gasteiger partial charge on any atom is 0.368 e. The van der Waals surface area contributed by atoms with Gasteiger partial charge in [0.25, 0.3) is 0 Å². The number of nitrogens with zero attached hydrogens (tertiary/aromatic N) is 5. The summed E-state index contributed by atoms with van der Waals surface area (Å²) in [5.74, 6) is 0.571. The molecule has 1 aliphatic rings. The summed E-state index contributed by atoms with van der Waals surface area (Å²) >= 11 is 3.49. The lowest BCUT2D eigenvalue weighted by Crippen LogP contribution is -2.23. The van der Waals surface area contributed by atoms with Gasteiger partial charge in [-0.2, -0.15) is 9.36 Å². The van der Waals surface area contributed by atoms with E-state index in [9.17, 15) is 4.79 Å². The van der Waals surface area contributed by atoms with Crippen molar-refractivity contribution in [2.45, 2.75) is 26.4 Å². The second-order valence-electron chi connectivity index (χ2n) is 5.31. The molecule has 1 aromatic carbocycles. The van der Waals surface area contributed by atoms with E-state index < -0.39 is 0 Å². The van der Waals surface area contributed by atoms with Gasteiger partial charge in [-0.3, -0.25) is 0 Å². The summed E-state index contributed by atoms with van der Waals surface area (Å²) in [5, 5.41) is 11.8. The minimum absolute atomic E-state index is 0.254. The highest BCUT2D eigenvalue weighted by molar-refractivity contribution is 9.10. The fourth-order valence-electron chi connectivity index (χ4n) is 2.13. The van der Waals surface area contributed by atoms with Crippen molar-refractivity contribution in [2.75, 3.05) is 0 Å². The molecule has 0 amide bonds. The second kappa shape index (κ2) is 6.04. The molecule has 0 radical (unpaired) electrons. The smallest absolute Gasteiger partial charge is 0.368 e. The largest absolute Gasteiger partial charge is 0.391 e. The maximum absolute atomic E-state index is 12.0. The van der Waals surface area contributed by atoms with Crippen molar-refractivity contribution >= 4 is 21.6 Å². The molecule has 1 saturated carbocycles. The molecule has 0 spiro atoms. The number of aromatic nitrogens is 4. The highest BCUT2D eigenvalue weighted by atomic mass is 79.9. The van der Waals surface area contributed by atoms with E-state index in [-0.39, 0.29) is 12.3 Å². The molecule has 1 aromatic heterocycles. The Morgan fingerprint density at radius 1 is 1.45 bits per heavy atom. The lowest BCUT2D eigenvalue weighted by Gasteiger charge is -2.09. The first kappa shape index (κ1) is 15.0. The number of aryl methyl sites for hydroxylation is 1. The number of rotatable bonds is 5. The number of oxime groups is 1. The molecule has 116 valence electrons. The molecule has 2 aromatic rings. The van der Waals surface area contributed by atoms with Gasteiger partial charge in [-0.05, 0) is 42.3 Å². The Bertz CT molecular complexity index is 776. The summed E-state index contributed by atoms with van der Waals surface area (Å²) in [6.07, 6.45) is 2.38. The summed E-state index contributed by atoms with van der Waals surface area (Å²) in [4.78, 5) is 17.5. The van der Waals surface area contributed by atoms with Crippen LogP contribution >= 0.6 is 15.9 Å². The molecule has 1 fully saturated rings. The molecule has 0 bridgehead atoms. The SMILES string of the molecule is CC(=NOCc1c(Br)cccc1-n1nnn(C)c1=O)C1CC1. The molecule has 0 unspecified atom stereocenters. The van der Waals surface area contributed by atoms with Crippen molar-refractivity contribution in [3.63, 3.8) is 0 Å². The van der Waals surface area contributed by atoms with E-state index >= 15 is 0 Å². The van der Waals surface area contributed by atoms with Crippen LogP contribution in [0.15, 0.2) is 32.6 Å². The van der Waals surface area contributed by atoms with E-state index in [1.165, 1.54) is 22.2 Å². The van der Waals surface area contributed by atoms with Gasteiger partial charge in [0.1, 0.15) is 6.61 Å². The zero-order chi connectivity index (χ0) is 15.7. The first-order chi connectivity index (χ1) is 10.6. The van der Waals surface area contributed by atoms with Crippen LogP contribution in [-0.2, 0) is 18.5 Å². The third kappa shape index (κ3) is 2.96. The number of benzene rings is 1. The average Bonchev–Trinajstić information content (AvgIpc) is 3.29. The van der Waals surface area contributed by atoms with Gasteiger partial charge in [0.05, 0.1) is 11.4 Å². The van der Waals surface area contributed by atoms with Crippen molar-refractivity contribution in [3.05, 3.63) is 38.7 Å². The monoisotopic (exact) mass is 365 g/mol. The highest BCUT2D eigenvalue weighted by Gasteiger charge is 2.25. The van der Waals surface area contributed by atoms with Gasteiger partial charge in [-0.15, -0.1) is 0 Å². The Balaban J connectivity index is 1.88. The predicted octanol–water partition coefficient (Wildman–Crippen LogP) is 2.03. The van der Waals surface area contributed by atoms with E-state index in [1.54, 1.807) is 13.1 Å². The van der Waals surface area contributed by atoms with Crippen molar-refractivity contribution in [1.82, 2.24) is 19.8 Å². The third-order valence-corrected chi connectivity index (χ3v) is 4.37. The van der Waals surface area contributed by atoms with E-state index in [2.05, 4.69) is 31.5 Å². The van der Waals surface area contributed by atoms with Crippen LogP contribution in [0, 0.1) is 5.92 Å². The Morgan fingerprint density at radius 2 is 2.23 bits per heavy atom. The van der Waals surface area contributed by atoms with Crippen LogP contribution in [0.5, 0.6) is 0 Å². The average molecular weight is 366 g/mol. The van der Waals surface area contributed by atoms with Gasteiger partial charge in [0, 0.05) is 23.0 Å². The van der Waals surface area contributed by atoms with Gasteiger partial charge in [0.2, 0.25) is 0 Å². The maximum atomic E-state index is 12.0. The fraction of sp³-hybridized carbons (Fsp3) is 0.429. The zero-order valence-corrected chi connectivity index (χ0v) is 13.9. The van der Waals surface area contributed by atoms with Gasteiger partial charge in [-0.25, -0.2) is 4.79 Å². The van der Waals surface area contributed by atoms with Gasteiger partial charge in [0.15, 0.2) is 0 Å². The minimum atomic E-state index is -0.308. The molecule has 0 atom stereocenters. The molecule has 1 heterocycles. The van der Waals surface area contributed by atoms with E-state index in [1.807, 2.05) is 19.1 Å². The molecule has 0 aliphatic heterocycles. The molecular formula is C14H16BrN5O2. The lowest BCUT2D eigenvalue weighted by atomic mass is 10.2. The van der Waals surface area contributed by atoms with Gasteiger partial charge in [-0.1, -0.05) is 27.2 Å². The Kier molecular flexibility index (Phi) is 4.10. The third-order valence-electron chi connectivity index (χ3n) is 3.63. The van der Waals surface area contributed by atoms with Gasteiger partial charge >= 0.3 is 5.69 Å². The lowest BCUT2D eigenvalue weighted by molar-refractivity contribution is 0.129. The van der Waals surface area contributed by atoms with Crippen LogP contribution in [0.2, 0.25) is 0 Å². The quantitative estimate of drug-likeness (QED) is 0.600. The number of halogens is 1. The van der Waals surface area contributed by atoms with Crippen molar-refractivity contribution in [1.29, 1.82) is 0 Å². The van der Waals surface area contributed by atoms with E-state index in [0.29, 0.717) is 11.6 Å². The van der Waals surface area contributed by atoms with Crippen LogP contribution in [-0.4, -0.2) is 25.5 Å². The summed E-state index contributed by atoms with van der Waals surface area (Å²) in [5.41, 5.74) is 2.14. The van der Waals surface area contributed by atoms with Crippen molar-refractivity contribution in [3.8, 4) is 5.69 Å². The van der Waals surface area contributed by atoms with E-state index in [4.69, 9.17) is 4.84 Å². The standard InChI is InChI=1S/C14H16BrN5O2/c1-9(10-6-7-10)16-22-8-11-12(15)4-3-5-13(11)20-14(21)19(2)17-18-20/h3-5,10H,6-8H2,1-2H3. The fourth-order valence-corrected chi connectivity index (χ4v) is 2.60. The predicted molar refractivity (Wildman–Crippen MR) is 84.9 cm³/mol. The molecule has 0 saturated heterocycles. The summed E-state index contributed by atoms with van der Waals surface area (Å²) < 4.78 is 3.27. The molecule has 1 aliphatic carbocycles. The van der Waals surface area contributed by atoms with Crippen LogP contribution in [0.1, 0.15) is 25.3 Å². The topological polar surface area (TPSA) is 74.3 Å². The molecule has 8 heteroatoms. The Labute approximate surface area is 135 Å². The molecular weight excluding hydrogens is 350 g/mol. The minimum Gasteiger partial charge on any atom is -0.391 e. The molecule has 7 nitrogen and oxygen atoms in total. The van der Waals surface area contributed by atoms with Crippen LogP contribution < -0.4 is 5.69 Å². The zero-order valence-electron chi connectivity index (χ0n) is 12.4. The molecule has 0 N–H and O–H groups in total. The van der Waals surface area contributed by atoms with Crippen LogP contribution in [0.25, 0.3) is 5.69 Å². The Morgan fingerprint density at radius 3 is 2.86 bits per heavy atom. The summed E-state index contributed by atoms with van der Waals surface area (Å²) in [6.45, 7) is 2.23. The van der Waals surface area contributed by atoms with Gasteiger partial charge < -0.3 is 4.84 Å². The first-order valence-electron chi connectivity index (χ1n) is 7.01. The van der Waals surface area contributed by atoms with Crippen molar-refractivity contribution in [2.24, 2.45) is 18.1 Å². The first-order valence-corrected chi connectivity index (χ1v) is 7.80. The van der Waals surface area contributed by atoms with Crippen LogP contribution in [0.3, 0.4) is 0 Å². The summed E-state index contributed by atoms with van der Waals surface area (Å²) in [7, 11) is 1.56. The Hall–Kier alpha value is -1.96. The van der Waals surface area contributed by atoms with E-state index in [0.717, 1.165) is 15.7 Å². The highest BCUT2D eigenvalue weighted by Crippen LogP contribution is 2.30. The number of tetrazole rings is 1. The second-order valence-corrected chi connectivity index (χ2v) is 6.17. The van der Waals surface area contributed by atoms with Crippen molar-refractivity contribution < 1.29 is 4.84 Å². The number of hydrogen-bond acceptors (Lipinski definition) is 5. The molecule has 3 rings (SSSR count). The van der Waals surface area contributed by atoms with Crippen LogP contribution in [0.4, 0.5) is 0 Å². The summed E-state index contributed by atoms with van der Waals surface area (Å²) in [6, 6.07) is 5.53. The number of hydrogen-bond donors (Lipinski definition) is 0. The molecule has 22 heavy (non-hydrogen) atoms. The normalized spacial score (nSPS) is 15.1.